The van der Waals surface area contributed by atoms with Crippen molar-refractivity contribution in [3.8, 4) is 0 Å². The molecule has 0 radical (unpaired) electrons. The van der Waals surface area contributed by atoms with Gasteiger partial charge in [0, 0.05) is 25.7 Å². The Morgan fingerprint density at radius 2 is 1.95 bits per heavy atom. The number of fused-ring (bicyclic) bond motifs is 1. The number of piperazine rings is 1. The molecule has 0 spiro atoms. The SMILES string of the molecule is FC(F)(F)c1ccc(N2CCN3CCCCC3C2)cn1. The van der Waals surface area contributed by atoms with Gasteiger partial charge in [0.1, 0.15) is 5.69 Å². The molecule has 3 rings (SSSR count). The van der Waals surface area contributed by atoms with E-state index < -0.39 is 11.9 Å². The van der Waals surface area contributed by atoms with Gasteiger partial charge in [0.2, 0.25) is 0 Å². The van der Waals surface area contributed by atoms with Crippen molar-refractivity contribution in [3.05, 3.63) is 24.0 Å². The molecule has 6 heteroatoms. The zero-order chi connectivity index (χ0) is 14.2. The Bertz CT molecular complexity index is 458. The van der Waals surface area contributed by atoms with E-state index in [1.165, 1.54) is 31.5 Å². The van der Waals surface area contributed by atoms with E-state index in [2.05, 4.69) is 14.8 Å². The van der Waals surface area contributed by atoms with Crippen LogP contribution in [0.1, 0.15) is 25.0 Å². The molecule has 110 valence electrons. The van der Waals surface area contributed by atoms with Gasteiger partial charge in [0.25, 0.3) is 0 Å². The predicted octanol–water partition coefficient (Wildman–Crippen LogP) is 2.77. The standard InChI is InChI=1S/C14H18F3N3/c15-14(16,17)13-5-4-11(9-18-13)20-8-7-19-6-2-1-3-12(19)10-20/h4-5,9,12H,1-3,6-8,10H2. The summed E-state index contributed by atoms with van der Waals surface area (Å²) < 4.78 is 37.5. The van der Waals surface area contributed by atoms with Crippen molar-refractivity contribution in [2.45, 2.75) is 31.5 Å². The maximum atomic E-state index is 12.5. The van der Waals surface area contributed by atoms with Crippen molar-refractivity contribution < 1.29 is 13.2 Å². The fourth-order valence-electron chi connectivity index (χ4n) is 3.13. The first kappa shape index (κ1) is 13.7. The van der Waals surface area contributed by atoms with Gasteiger partial charge in [-0.05, 0) is 31.5 Å². The van der Waals surface area contributed by atoms with Crippen LogP contribution in [0.25, 0.3) is 0 Å². The Morgan fingerprint density at radius 1 is 1.10 bits per heavy atom. The molecule has 2 aliphatic heterocycles. The monoisotopic (exact) mass is 285 g/mol. The van der Waals surface area contributed by atoms with Gasteiger partial charge in [-0.3, -0.25) is 4.90 Å². The van der Waals surface area contributed by atoms with E-state index in [-0.39, 0.29) is 0 Å². The highest BCUT2D eigenvalue weighted by Gasteiger charge is 2.33. The highest BCUT2D eigenvalue weighted by Crippen LogP contribution is 2.29. The fraction of sp³-hybridized carbons (Fsp3) is 0.643. The molecule has 3 heterocycles. The number of alkyl halides is 3. The van der Waals surface area contributed by atoms with Gasteiger partial charge in [-0.15, -0.1) is 0 Å². The van der Waals surface area contributed by atoms with Gasteiger partial charge in [-0.2, -0.15) is 13.2 Å². The van der Waals surface area contributed by atoms with Crippen molar-refractivity contribution in [1.82, 2.24) is 9.88 Å². The van der Waals surface area contributed by atoms with E-state index >= 15 is 0 Å². The Hall–Kier alpha value is -1.30. The minimum absolute atomic E-state index is 0.541. The maximum Gasteiger partial charge on any atom is 0.433 e. The second-order valence-corrected chi connectivity index (χ2v) is 5.53. The third kappa shape index (κ3) is 2.75. The number of nitrogens with zero attached hydrogens (tertiary/aromatic N) is 3. The third-order valence-electron chi connectivity index (χ3n) is 4.24. The lowest BCUT2D eigenvalue weighted by Gasteiger charge is -2.44. The van der Waals surface area contributed by atoms with Gasteiger partial charge < -0.3 is 4.90 Å². The van der Waals surface area contributed by atoms with Crippen LogP contribution < -0.4 is 4.90 Å². The largest absolute Gasteiger partial charge is 0.433 e. The van der Waals surface area contributed by atoms with Crippen LogP contribution in [0.5, 0.6) is 0 Å². The van der Waals surface area contributed by atoms with Gasteiger partial charge in [0.15, 0.2) is 0 Å². The lowest BCUT2D eigenvalue weighted by molar-refractivity contribution is -0.141. The van der Waals surface area contributed by atoms with Crippen LogP contribution in [0.3, 0.4) is 0 Å². The van der Waals surface area contributed by atoms with E-state index in [1.807, 2.05) is 0 Å². The number of rotatable bonds is 1. The number of anilines is 1. The fourth-order valence-corrected chi connectivity index (χ4v) is 3.13. The van der Waals surface area contributed by atoms with E-state index in [0.717, 1.165) is 37.9 Å². The van der Waals surface area contributed by atoms with Gasteiger partial charge >= 0.3 is 6.18 Å². The van der Waals surface area contributed by atoms with Crippen LogP contribution in [0.4, 0.5) is 18.9 Å². The minimum atomic E-state index is -4.36. The molecule has 0 N–H and O–H groups in total. The zero-order valence-corrected chi connectivity index (χ0v) is 11.2. The van der Waals surface area contributed by atoms with E-state index in [4.69, 9.17) is 0 Å². The molecule has 0 amide bonds. The molecule has 0 aromatic carbocycles. The summed E-state index contributed by atoms with van der Waals surface area (Å²) in [6.45, 7) is 3.91. The third-order valence-corrected chi connectivity index (χ3v) is 4.24. The average Bonchev–Trinajstić information content (AvgIpc) is 2.46. The smallest absolute Gasteiger partial charge is 0.367 e. The first-order chi connectivity index (χ1) is 9.54. The Kier molecular flexibility index (Phi) is 3.58. The Morgan fingerprint density at radius 3 is 2.65 bits per heavy atom. The normalized spacial score (nSPS) is 24.6. The van der Waals surface area contributed by atoms with Gasteiger partial charge in [-0.1, -0.05) is 6.42 Å². The molecule has 0 saturated carbocycles. The number of aromatic nitrogens is 1. The van der Waals surface area contributed by atoms with Crippen LogP contribution in [0.2, 0.25) is 0 Å². The summed E-state index contributed by atoms with van der Waals surface area (Å²) in [7, 11) is 0. The average molecular weight is 285 g/mol. The molecule has 3 nitrogen and oxygen atoms in total. The van der Waals surface area contributed by atoms with Crippen molar-refractivity contribution in [2.75, 3.05) is 31.1 Å². The van der Waals surface area contributed by atoms with Gasteiger partial charge in [0.05, 0.1) is 11.9 Å². The van der Waals surface area contributed by atoms with E-state index in [0.29, 0.717) is 6.04 Å². The Balaban J connectivity index is 1.70. The summed E-state index contributed by atoms with van der Waals surface area (Å²) in [5.41, 5.74) is -0.0271. The number of halogens is 3. The van der Waals surface area contributed by atoms with Crippen LogP contribution in [0.15, 0.2) is 18.3 Å². The summed E-state index contributed by atoms with van der Waals surface area (Å²) in [6.07, 6.45) is 0.686. The lowest BCUT2D eigenvalue weighted by Crippen LogP contribution is -2.54. The topological polar surface area (TPSA) is 19.4 Å². The Labute approximate surface area is 116 Å². The molecule has 0 aliphatic carbocycles. The molecular formula is C14H18F3N3. The van der Waals surface area contributed by atoms with E-state index in [9.17, 15) is 13.2 Å². The number of hydrogen-bond acceptors (Lipinski definition) is 3. The van der Waals surface area contributed by atoms with Crippen LogP contribution in [-0.4, -0.2) is 42.1 Å². The molecule has 2 aliphatic rings. The number of hydrogen-bond donors (Lipinski definition) is 0. The first-order valence-electron chi connectivity index (χ1n) is 7.06. The number of piperidine rings is 1. The molecule has 2 fully saturated rings. The van der Waals surface area contributed by atoms with E-state index in [1.54, 1.807) is 0 Å². The summed E-state index contributed by atoms with van der Waals surface area (Å²) >= 11 is 0. The molecule has 1 unspecified atom stereocenters. The molecule has 20 heavy (non-hydrogen) atoms. The molecular weight excluding hydrogens is 267 g/mol. The van der Waals surface area contributed by atoms with Crippen LogP contribution >= 0.6 is 0 Å². The lowest BCUT2D eigenvalue weighted by atomic mass is 9.99. The molecule has 1 aromatic heterocycles. The van der Waals surface area contributed by atoms with Crippen molar-refractivity contribution in [1.29, 1.82) is 0 Å². The van der Waals surface area contributed by atoms with Crippen molar-refractivity contribution in [2.24, 2.45) is 0 Å². The quantitative estimate of drug-likeness (QED) is 0.791. The highest BCUT2D eigenvalue weighted by molar-refractivity contribution is 5.45. The highest BCUT2D eigenvalue weighted by atomic mass is 19.4. The zero-order valence-electron chi connectivity index (χ0n) is 11.2. The summed E-state index contributed by atoms with van der Waals surface area (Å²) in [4.78, 5) is 8.20. The summed E-state index contributed by atoms with van der Waals surface area (Å²) in [5, 5.41) is 0. The second kappa shape index (κ2) is 5.24. The molecule has 0 bridgehead atoms. The predicted molar refractivity (Wildman–Crippen MR) is 70.7 cm³/mol. The maximum absolute atomic E-state index is 12.5. The molecule has 1 atom stereocenters. The van der Waals surface area contributed by atoms with Crippen molar-refractivity contribution >= 4 is 5.69 Å². The molecule has 1 aromatic rings. The van der Waals surface area contributed by atoms with Crippen LogP contribution in [0, 0.1) is 0 Å². The number of pyridine rings is 1. The first-order valence-corrected chi connectivity index (χ1v) is 7.06. The van der Waals surface area contributed by atoms with Gasteiger partial charge in [-0.25, -0.2) is 4.98 Å². The van der Waals surface area contributed by atoms with Crippen molar-refractivity contribution in [3.63, 3.8) is 0 Å². The summed E-state index contributed by atoms with van der Waals surface area (Å²) in [6, 6.07) is 3.15. The van der Waals surface area contributed by atoms with Crippen LogP contribution in [-0.2, 0) is 6.18 Å². The summed E-state index contributed by atoms with van der Waals surface area (Å²) in [5.74, 6) is 0. The second-order valence-electron chi connectivity index (χ2n) is 5.53. The minimum Gasteiger partial charge on any atom is -0.367 e. The molecule has 2 saturated heterocycles.